The molecule has 1 aromatic rings. The fourth-order valence-corrected chi connectivity index (χ4v) is 2.70. The molecule has 0 radical (unpaired) electrons. The predicted molar refractivity (Wildman–Crippen MR) is 67.5 cm³/mol. The van der Waals surface area contributed by atoms with Crippen LogP contribution in [0.3, 0.4) is 0 Å². The van der Waals surface area contributed by atoms with Gasteiger partial charge in [-0.2, -0.15) is 0 Å². The smallest absolute Gasteiger partial charge is 0.165 e. The first kappa shape index (κ1) is 12.4. The fourth-order valence-electron chi connectivity index (χ4n) is 2.70. The van der Waals surface area contributed by atoms with Gasteiger partial charge in [-0.25, -0.2) is 0 Å². The zero-order valence-corrected chi connectivity index (χ0v) is 11.1. The van der Waals surface area contributed by atoms with Crippen molar-refractivity contribution in [1.29, 1.82) is 0 Å². The van der Waals surface area contributed by atoms with E-state index in [0.29, 0.717) is 13.0 Å². The molecule has 94 valence electrons. The zero-order valence-electron chi connectivity index (χ0n) is 11.1. The SMILES string of the molecule is COCC(C)n1ccc2c1CC(C)(C)CC2=O. The maximum absolute atomic E-state index is 12.1. The van der Waals surface area contributed by atoms with Gasteiger partial charge in [-0.15, -0.1) is 0 Å². The van der Waals surface area contributed by atoms with Crippen molar-refractivity contribution in [1.82, 2.24) is 4.57 Å². The quantitative estimate of drug-likeness (QED) is 0.806. The Hall–Kier alpha value is -1.09. The second kappa shape index (κ2) is 4.30. The van der Waals surface area contributed by atoms with Crippen LogP contribution in [0.25, 0.3) is 0 Å². The number of carbonyl (C=O) groups is 1. The molecule has 0 aliphatic heterocycles. The molecular weight excluding hydrogens is 214 g/mol. The van der Waals surface area contributed by atoms with E-state index < -0.39 is 0 Å². The van der Waals surface area contributed by atoms with Crippen LogP contribution in [-0.2, 0) is 11.2 Å². The summed E-state index contributed by atoms with van der Waals surface area (Å²) in [6, 6.07) is 2.24. The van der Waals surface area contributed by atoms with Gasteiger partial charge in [-0.1, -0.05) is 13.8 Å². The maximum Gasteiger partial charge on any atom is 0.165 e. The topological polar surface area (TPSA) is 31.2 Å². The molecule has 1 aromatic heterocycles. The van der Waals surface area contributed by atoms with E-state index in [2.05, 4.69) is 25.3 Å². The summed E-state index contributed by atoms with van der Waals surface area (Å²) in [6.07, 6.45) is 3.64. The van der Waals surface area contributed by atoms with Crippen molar-refractivity contribution in [2.24, 2.45) is 5.41 Å². The highest BCUT2D eigenvalue weighted by molar-refractivity contribution is 5.98. The van der Waals surface area contributed by atoms with Gasteiger partial charge < -0.3 is 9.30 Å². The van der Waals surface area contributed by atoms with Crippen LogP contribution < -0.4 is 0 Å². The molecule has 1 atom stereocenters. The van der Waals surface area contributed by atoms with Crippen molar-refractivity contribution in [2.75, 3.05) is 13.7 Å². The average molecular weight is 235 g/mol. The van der Waals surface area contributed by atoms with Gasteiger partial charge in [-0.3, -0.25) is 4.79 Å². The monoisotopic (exact) mass is 235 g/mol. The number of aromatic nitrogens is 1. The minimum atomic E-state index is 0.0764. The van der Waals surface area contributed by atoms with E-state index in [9.17, 15) is 4.79 Å². The Bertz CT molecular complexity index is 431. The molecule has 2 rings (SSSR count). The van der Waals surface area contributed by atoms with Crippen molar-refractivity contribution in [2.45, 2.75) is 39.7 Å². The van der Waals surface area contributed by atoms with Gasteiger partial charge in [0.05, 0.1) is 12.6 Å². The van der Waals surface area contributed by atoms with Gasteiger partial charge in [-0.05, 0) is 24.8 Å². The maximum atomic E-state index is 12.1. The largest absolute Gasteiger partial charge is 0.383 e. The lowest BCUT2D eigenvalue weighted by molar-refractivity contribution is 0.0907. The number of hydrogen-bond donors (Lipinski definition) is 0. The summed E-state index contributed by atoms with van der Waals surface area (Å²) in [5.41, 5.74) is 2.16. The van der Waals surface area contributed by atoms with Gasteiger partial charge in [0.1, 0.15) is 0 Å². The van der Waals surface area contributed by atoms with E-state index in [1.807, 2.05) is 12.3 Å². The van der Waals surface area contributed by atoms with E-state index in [1.165, 1.54) is 5.69 Å². The third kappa shape index (κ3) is 2.29. The Kier molecular flexibility index (Phi) is 3.13. The number of ether oxygens (including phenoxy) is 1. The fraction of sp³-hybridized carbons (Fsp3) is 0.643. The van der Waals surface area contributed by atoms with Crippen LogP contribution in [0.2, 0.25) is 0 Å². The normalized spacial score (nSPS) is 20.1. The average Bonchev–Trinajstić information content (AvgIpc) is 2.59. The minimum Gasteiger partial charge on any atom is -0.383 e. The molecule has 0 saturated carbocycles. The number of nitrogens with zero attached hydrogens (tertiary/aromatic N) is 1. The van der Waals surface area contributed by atoms with Crippen LogP contribution >= 0.6 is 0 Å². The lowest BCUT2D eigenvalue weighted by Crippen LogP contribution is -2.29. The van der Waals surface area contributed by atoms with Gasteiger partial charge in [0.25, 0.3) is 0 Å². The summed E-state index contributed by atoms with van der Waals surface area (Å²) >= 11 is 0. The number of rotatable bonds is 3. The molecule has 0 saturated heterocycles. The molecular formula is C14H21NO2. The summed E-state index contributed by atoms with van der Waals surface area (Å²) in [5.74, 6) is 0.277. The molecule has 3 nitrogen and oxygen atoms in total. The minimum absolute atomic E-state index is 0.0764. The van der Waals surface area contributed by atoms with Gasteiger partial charge >= 0.3 is 0 Å². The van der Waals surface area contributed by atoms with Crippen molar-refractivity contribution < 1.29 is 9.53 Å². The van der Waals surface area contributed by atoms with Crippen molar-refractivity contribution in [3.8, 4) is 0 Å². The standard InChI is InChI=1S/C14H21NO2/c1-10(9-17-4)15-6-5-11-12(15)7-14(2,3)8-13(11)16/h5-6,10H,7-9H2,1-4H3. The summed E-state index contributed by atoms with van der Waals surface area (Å²) in [4.78, 5) is 12.1. The molecule has 17 heavy (non-hydrogen) atoms. The number of ketones is 1. The van der Waals surface area contributed by atoms with Gasteiger partial charge in [0, 0.05) is 31.0 Å². The Morgan fingerprint density at radius 3 is 2.82 bits per heavy atom. The second-order valence-corrected chi connectivity index (χ2v) is 5.83. The summed E-state index contributed by atoms with van der Waals surface area (Å²) in [6.45, 7) is 7.12. The highest BCUT2D eigenvalue weighted by atomic mass is 16.5. The van der Waals surface area contributed by atoms with Crippen LogP contribution in [0.15, 0.2) is 12.3 Å². The van der Waals surface area contributed by atoms with Crippen molar-refractivity contribution >= 4 is 5.78 Å². The first-order chi connectivity index (χ1) is 7.94. The molecule has 0 amide bonds. The summed E-state index contributed by atoms with van der Waals surface area (Å²) in [5, 5.41) is 0. The number of carbonyl (C=O) groups excluding carboxylic acids is 1. The molecule has 0 spiro atoms. The summed E-state index contributed by atoms with van der Waals surface area (Å²) < 4.78 is 7.38. The van der Waals surface area contributed by atoms with Gasteiger partial charge in [0.2, 0.25) is 0 Å². The molecule has 1 heterocycles. The molecule has 0 N–H and O–H groups in total. The Morgan fingerprint density at radius 1 is 1.47 bits per heavy atom. The highest BCUT2D eigenvalue weighted by Crippen LogP contribution is 2.36. The zero-order chi connectivity index (χ0) is 12.6. The molecule has 0 bridgehead atoms. The second-order valence-electron chi connectivity index (χ2n) is 5.83. The highest BCUT2D eigenvalue weighted by Gasteiger charge is 2.33. The van der Waals surface area contributed by atoms with Crippen molar-refractivity contribution in [3.63, 3.8) is 0 Å². The van der Waals surface area contributed by atoms with E-state index in [4.69, 9.17) is 4.74 Å². The van der Waals surface area contributed by atoms with E-state index in [1.54, 1.807) is 7.11 Å². The van der Waals surface area contributed by atoms with Crippen LogP contribution in [0, 0.1) is 5.41 Å². The molecule has 1 aliphatic carbocycles. The van der Waals surface area contributed by atoms with E-state index >= 15 is 0 Å². The lowest BCUT2D eigenvalue weighted by Gasteiger charge is -2.30. The molecule has 1 unspecified atom stereocenters. The molecule has 3 heteroatoms. The molecule has 0 fully saturated rings. The van der Waals surface area contributed by atoms with Crippen LogP contribution in [0.4, 0.5) is 0 Å². The van der Waals surface area contributed by atoms with Crippen LogP contribution in [0.1, 0.15) is 49.3 Å². The number of methoxy groups -OCH3 is 1. The molecule has 1 aliphatic rings. The third-order valence-electron chi connectivity index (χ3n) is 3.49. The Balaban J connectivity index is 2.37. The predicted octanol–water partition coefficient (Wildman–Crippen LogP) is 2.85. The lowest BCUT2D eigenvalue weighted by atomic mass is 9.76. The first-order valence-electron chi connectivity index (χ1n) is 6.16. The summed E-state index contributed by atoms with van der Waals surface area (Å²) in [7, 11) is 1.71. The Labute approximate surface area is 103 Å². The van der Waals surface area contributed by atoms with Crippen LogP contribution in [0.5, 0.6) is 0 Å². The van der Waals surface area contributed by atoms with Gasteiger partial charge in [0.15, 0.2) is 5.78 Å². The number of hydrogen-bond acceptors (Lipinski definition) is 2. The van der Waals surface area contributed by atoms with E-state index in [0.717, 1.165) is 12.0 Å². The Morgan fingerprint density at radius 2 is 2.18 bits per heavy atom. The van der Waals surface area contributed by atoms with Crippen LogP contribution in [-0.4, -0.2) is 24.1 Å². The molecule has 0 aromatic carbocycles. The third-order valence-corrected chi connectivity index (χ3v) is 3.49. The van der Waals surface area contributed by atoms with E-state index in [-0.39, 0.29) is 17.2 Å². The number of Topliss-reactive ketones (excluding diaryl/α,β-unsaturated/α-hetero) is 1. The first-order valence-corrected chi connectivity index (χ1v) is 6.16. The number of fused-ring (bicyclic) bond motifs is 1. The van der Waals surface area contributed by atoms with Crippen molar-refractivity contribution in [3.05, 3.63) is 23.5 Å².